The van der Waals surface area contributed by atoms with Crippen LogP contribution >= 0.6 is 0 Å². The molecule has 0 spiro atoms. The second-order valence-corrected chi connectivity index (χ2v) is 4.78. The summed E-state index contributed by atoms with van der Waals surface area (Å²) >= 11 is 0. The van der Waals surface area contributed by atoms with E-state index >= 15 is 0 Å². The molecular weight excluding hydrogens is 392 g/mol. The van der Waals surface area contributed by atoms with Crippen LogP contribution in [0.2, 0.25) is 0 Å². The Kier molecular flexibility index (Phi) is 6.62. The zero-order valence-corrected chi connectivity index (χ0v) is 12.8. The maximum absolute atomic E-state index is 10.9. The largest absolute Gasteiger partial charge is 0.726 e. The highest BCUT2D eigenvalue weighted by atomic mass is 32.3. The first-order valence-electron chi connectivity index (χ1n) is 5.46. The fourth-order valence-electron chi connectivity index (χ4n) is 1.67. The van der Waals surface area contributed by atoms with Gasteiger partial charge in [-0.2, -0.15) is 0 Å². The van der Waals surface area contributed by atoms with E-state index in [1.807, 2.05) is 0 Å². The third-order valence-corrected chi connectivity index (χ3v) is 2.44. The van der Waals surface area contributed by atoms with Gasteiger partial charge in [0.05, 0.1) is 19.7 Å². The minimum Gasteiger partial charge on any atom is -0.726 e. The lowest BCUT2D eigenvalue weighted by Gasteiger charge is -1.99. The van der Waals surface area contributed by atoms with Gasteiger partial charge in [0, 0.05) is 0 Å². The Bertz CT molecular complexity index is 954. The highest BCUT2D eigenvalue weighted by molar-refractivity contribution is 7.79. The monoisotopic (exact) mass is 396 g/mol. The lowest BCUT2D eigenvalue weighted by atomic mass is 10.1. The Morgan fingerprint density at radius 2 is 1.12 bits per heavy atom. The summed E-state index contributed by atoms with van der Waals surface area (Å²) in [6, 6.07) is 0. The predicted octanol–water partition coefficient (Wildman–Crippen LogP) is 1.12. The number of nitro benzene ring substituents is 4. The summed E-state index contributed by atoms with van der Waals surface area (Å²) in [5, 5.41) is 52.1. The van der Waals surface area contributed by atoms with Crippen molar-refractivity contribution in [2.75, 3.05) is 0 Å². The smallest absolute Gasteiger partial charge is 0.479 e. The zero-order valence-electron chi connectivity index (χ0n) is 12.0. The van der Waals surface area contributed by atoms with Gasteiger partial charge < -0.3 is 4.55 Å². The number of nitro groups is 4. The third kappa shape index (κ3) is 5.06. The first-order chi connectivity index (χ1) is 11.6. The molecule has 0 aliphatic rings. The van der Waals surface area contributed by atoms with Gasteiger partial charge >= 0.3 is 28.4 Å². The van der Waals surface area contributed by atoms with E-state index in [0.29, 0.717) is 0 Å². The molecule has 0 amide bonds. The maximum atomic E-state index is 10.9. The van der Waals surface area contributed by atoms with E-state index in [0.717, 1.165) is 6.92 Å². The molecule has 0 atom stereocenters. The Balaban J connectivity index is 0.00000110. The van der Waals surface area contributed by atoms with Crippen LogP contribution < -0.4 is 0 Å². The van der Waals surface area contributed by atoms with Crippen LogP contribution in [0, 0.1) is 52.8 Å². The normalized spacial score (nSPS) is 10.1. The van der Waals surface area contributed by atoms with Gasteiger partial charge in [-0.1, -0.05) is 0 Å². The molecule has 140 valence electrons. The van der Waals surface area contributed by atoms with E-state index in [2.05, 4.69) is 4.98 Å². The molecule has 0 aliphatic carbocycles. The minimum absolute atomic E-state index is 0.744. The highest BCUT2D eigenvalue weighted by Gasteiger charge is 2.53. The average Bonchev–Trinajstić information content (AvgIpc) is 2.42. The fourth-order valence-corrected chi connectivity index (χ4v) is 1.67. The zero-order chi connectivity index (χ0) is 21.0. The van der Waals surface area contributed by atoms with Crippen molar-refractivity contribution in [1.29, 1.82) is 5.39 Å². The number of hydrogen-bond donors (Lipinski definition) is 1. The second kappa shape index (κ2) is 7.79. The van der Waals surface area contributed by atoms with Gasteiger partial charge in [-0.05, 0) is 6.92 Å². The quantitative estimate of drug-likeness (QED) is 0.245. The van der Waals surface area contributed by atoms with Crippen molar-refractivity contribution in [1.82, 2.24) is 0 Å². The van der Waals surface area contributed by atoms with Gasteiger partial charge in [-0.25, -0.2) is 8.42 Å². The van der Waals surface area contributed by atoms with Crippen LogP contribution in [0.3, 0.4) is 0 Å². The van der Waals surface area contributed by atoms with E-state index in [4.69, 9.17) is 22.9 Å². The number of hydrogen-bond acceptors (Lipinski definition) is 12. The van der Waals surface area contributed by atoms with Crippen molar-refractivity contribution in [2.45, 2.75) is 6.92 Å². The highest BCUT2D eigenvalue weighted by Crippen LogP contribution is 2.51. The topological polar surface area (TPSA) is 278 Å². The van der Waals surface area contributed by atoms with Crippen molar-refractivity contribution in [3.05, 3.63) is 51.0 Å². The summed E-state index contributed by atoms with van der Waals surface area (Å²) in [6.45, 7) is 0.830. The molecule has 26 heavy (non-hydrogen) atoms. The Morgan fingerprint density at radius 1 is 0.846 bits per heavy atom. The Morgan fingerprint density at radius 3 is 1.35 bits per heavy atom. The van der Waals surface area contributed by atoms with Crippen molar-refractivity contribution >= 4 is 38.8 Å². The summed E-state index contributed by atoms with van der Waals surface area (Å²) in [5.74, 6) is 0. The standard InChI is InChI=1S/C7H3N6O8.H2O4S/c1-2-3(9-8)5(11(16)17)7(13(20)21)6(12(18)19)4(2)10(14)15;1-5(2,3)4/h1H3;(H2,1,2,3,4)/q+1;/p-1. The number of diazo groups is 1. The molecule has 0 unspecified atom stereocenters. The fraction of sp³-hybridized carbons (Fsp3) is 0.143. The van der Waals surface area contributed by atoms with Crippen LogP contribution in [0.5, 0.6) is 0 Å². The lowest BCUT2D eigenvalue weighted by molar-refractivity contribution is -0.451. The molecule has 1 aromatic rings. The van der Waals surface area contributed by atoms with Gasteiger partial charge in [-0.3, -0.25) is 45.0 Å². The summed E-state index contributed by atoms with van der Waals surface area (Å²) in [5.41, 5.74) is -8.07. The molecule has 1 N–H and O–H groups in total. The molecule has 0 saturated heterocycles. The number of benzene rings is 1. The van der Waals surface area contributed by atoms with E-state index in [9.17, 15) is 40.5 Å². The lowest BCUT2D eigenvalue weighted by Crippen LogP contribution is -2.06. The molecule has 0 aromatic heterocycles. The van der Waals surface area contributed by atoms with E-state index in [1.165, 1.54) is 0 Å². The molecule has 0 fully saturated rings. The molecule has 19 heteroatoms. The van der Waals surface area contributed by atoms with E-state index < -0.39 is 64.1 Å². The van der Waals surface area contributed by atoms with Gasteiger partial charge in [0.25, 0.3) is 0 Å². The maximum Gasteiger partial charge on any atom is 0.479 e. The SMILES string of the molecule is Cc1c([N+]#N)c([N+](=O)[O-])c([N+](=O)[O-])c([N+](=O)[O-])c1[N+](=O)[O-].O=S(=O)([O-])O. The molecule has 18 nitrogen and oxygen atoms in total. The average molecular weight is 396 g/mol. The van der Waals surface area contributed by atoms with Crippen LogP contribution in [0.1, 0.15) is 5.56 Å². The first-order valence-corrected chi connectivity index (χ1v) is 6.83. The number of rotatable bonds is 4. The predicted molar refractivity (Wildman–Crippen MR) is 74.9 cm³/mol. The number of nitrogens with zero attached hydrogens (tertiary/aromatic N) is 6. The van der Waals surface area contributed by atoms with Gasteiger partial charge in [-0.15, -0.1) is 0 Å². The minimum atomic E-state index is -4.92. The van der Waals surface area contributed by atoms with Gasteiger partial charge in [0.2, 0.25) is 15.8 Å². The molecule has 0 radical (unpaired) electrons. The third-order valence-electron chi connectivity index (χ3n) is 2.44. The summed E-state index contributed by atoms with van der Waals surface area (Å²) in [4.78, 5) is 40.1. The Hall–Kier alpha value is -3.89. The molecular formula is C7H4N6O12S. The van der Waals surface area contributed by atoms with Crippen LogP contribution in [0.25, 0.3) is 4.98 Å². The van der Waals surface area contributed by atoms with Crippen LogP contribution in [0.15, 0.2) is 0 Å². The summed E-state index contributed by atoms with van der Waals surface area (Å²) in [7, 11) is -4.92. The second-order valence-electron chi connectivity index (χ2n) is 3.92. The van der Waals surface area contributed by atoms with Gasteiger partial charge in [0.15, 0.2) is 4.98 Å². The van der Waals surface area contributed by atoms with Crippen molar-refractivity contribution in [3.8, 4) is 0 Å². The molecule has 0 saturated carbocycles. The van der Waals surface area contributed by atoms with E-state index in [-0.39, 0.29) is 0 Å². The van der Waals surface area contributed by atoms with Crippen LogP contribution in [0.4, 0.5) is 28.4 Å². The summed E-state index contributed by atoms with van der Waals surface area (Å²) < 4.78 is 32.8. The summed E-state index contributed by atoms with van der Waals surface area (Å²) in [6.07, 6.45) is 0. The molecule has 0 bridgehead atoms. The van der Waals surface area contributed by atoms with Crippen molar-refractivity contribution < 1.29 is 37.2 Å². The Labute approximate surface area is 140 Å². The van der Waals surface area contributed by atoms with Crippen molar-refractivity contribution in [3.63, 3.8) is 0 Å². The van der Waals surface area contributed by atoms with Crippen LogP contribution in [-0.2, 0) is 10.4 Å². The first kappa shape index (κ1) is 22.1. The van der Waals surface area contributed by atoms with Crippen molar-refractivity contribution in [2.24, 2.45) is 0 Å². The van der Waals surface area contributed by atoms with E-state index in [1.54, 1.807) is 0 Å². The van der Waals surface area contributed by atoms with Gasteiger partial charge in [0.1, 0.15) is 5.56 Å². The molecule has 0 heterocycles. The van der Waals surface area contributed by atoms with Crippen LogP contribution in [-0.4, -0.2) is 37.2 Å². The molecule has 0 aliphatic heterocycles. The molecule has 1 aromatic carbocycles. The molecule has 1 rings (SSSR count).